The van der Waals surface area contributed by atoms with E-state index in [0.717, 1.165) is 18.1 Å². The first-order valence-corrected chi connectivity index (χ1v) is 7.13. The quantitative estimate of drug-likeness (QED) is 0.568. The van der Waals surface area contributed by atoms with Gasteiger partial charge < -0.3 is 4.74 Å². The fourth-order valence-corrected chi connectivity index (χ4v) is 2.80. The summed E-state index contributed by atoms with van der Waals surface area (Å²) in [5, 5.41) is 0. The molecule has 0 N–H and O–H groups in total. The van der Waals surface area contributed by atoms with Crippen molar-refractivity contribution < 1.29 is 4.74 Å². The second-order valence-electron chi connectivity index (χ2n) is 5.29. The molecular formula is C18H22O. The van der Waals surface area contributed by atoms with Crippen LogP contribution in [0.2, 0.25) is 0 Å². The standard InChI is InChI=1S/C18H22O/c1-3-13-19-14-16-7-11-18(12-8-16)17-9-5-15(4-2)6-10-17/h2-3,5-6,9-10,13,16,18H,7-8,11-12,14H2,1H3/t16-,18-. The maximum absolute atomic E-state index is 5.49. The molecule has 0 spiro atoms. The molecule has 0 aliphatic heterocycles. The van der Waals surface area contributed by atoms with Crippen LogP contribution >= 0.6 is 0 Å². The van der Waals surface area contributed by atoms with Gasteiger partial charge in [0.25, 0.3) is 0 Å². The number of terminal acetylenes is 1. The molecule has 19 heavy (non-hydrogen) atoms. The van der Waals surface area contributed by atoms with E-state index in [2.05, 4.69) is 30.2 Å². The number of benzene rings is 1. The van der Waals surface area contributed by atoms with E-state index in [9.17, 15) is 0 Å². The first kappa shape index (κ1) is 13.7. The van der Waals surface area contributed by atoms with Gasteiger partial charge in [-0.3, -0.25) is 0 Å². The van der Waals surface area contributed by atoms with Crippen molar-refractivity contribution in [2.45, 2.75) is 38.5 Å². The van der Waals surface area contributed by atoms with Gasteiger partial charge in [0.2, 0.25) is 0 Å². The Balaban J connectivity index is 1.83. The highest BCUT2D eigenvalue weighted by Crippen LogP contribution is 2.35. The molecule has 1 saturated carbocycles. The summed E-state index contributed by atoms with van der Waals surface area (Å²) in [6, 6.07) is 8.49. The lowest BCUT2D eigenvalue weighted by molar-refractivity contribution is 0.159. The van der Waals surface area contributed by atoms with Crippen molar-refractivity contribution in [2.75, 3.05) is 6.61 Å². The minimum atomic E-state index is 0.699. The van der Waals surface area contributed by atoms with Gasteiger partial charge in [-0.1, -0.05) is 24.1 Å². The molecule has 1 aliphatic rings. The highest BCUT2D eigenvalue weighted by atomic mass is 16.5. The third kappa shape index (κ3) is 3.89. The molecule has 1 fully saturated rings. The molecule has 0 bridgehead atoms. The van der Waals surface area contributed by atoms with Crippen molar-refractivity contribution in [3.8, 4) is 12.3 Å². The monoisotopic (exact) mass is 254 g/mol. The third-order valence-electron chi connectivity index (χ3n) is 3.96. The van der Waals surface area contributed by atoms with Crippen LogP contribution in [0.3, 0.4) is 0 Å². The maximum Gasteiger partial charge on any atom is 0.0901 e. The van der Waals surface area contributed by atoms with Crippen LogP contribution < -0.4 is 0 Å². The Morgan fingerprint density at radius 3 is 2.47 bits per heavy atom. The maximum atomic E-state index is 5.49. The van der Waals surface area contributed by atoms with Gasteiger partial charge in [0.15, 0.2) is 0 Å². The number of hydrogen-bond donors (Lipinski definition) is 0. The van der Waals surface area contributed by atoms with Crippen LogP contribution in [0.5, 0.6) is 0 Å². The van der Waals surface area contributed by atoms with E-state index in [1.165, 1.54) is 31.2 Å². The summed E-state index contributed by atoms with van der Waals surface area (Å²) >= 11 is 0. The zero-order valence-electron chi connectivity index (χ0n) is 11.6. The zero-order chi connectivity index (χ0) is 13.5. The normalized spacial score (nSPS) is 23.2. The Bertz CT molecular complexity index is 442. The van der Waals surface area contributed by atoms with Crippen molar-refractivity contribution in [2.24, 2.45) is 5.92 Å². The van der Waals surface area contributed by atoms with Crippen LogP contribution in [0.4, 0.5) is 0 Å². The van der Waals surface area contributed by atoms with E-state index in [-0.39, 0.29) is 0 Å². The summed E-state index contributed by atoms with van der Waals surface area (Å²) < 4.78 is 5.49. The van der Waals surface area contributed by atoms with Crippen molar-refractivity contribution in [3.05, 3.63) is 47.7 Å². The highest BCUT2D eigenvalue weighted by Gasteiger charge is 2.22. The minimum Gasteiger partial charge on any atom is -0.501 e. The van der Waals surface area contributed by atoms with Gasteiger partial charge in [-0.25, -0.2) is 0 Å². The third-order valence-corrected chi connectivity index (χ3v) is 3.96. The summed E-state index contributed by atoms with van der Waals surface area (Å²) in [5.74, 6) is 4.09. The van der Waals surface area contributed by atoms with Crippen LogP contribution in [-0.4, -0.2) is 6.61 Å². The van der Waals surface area contributed by atoms with Crippen LogP contribution in [0.25, 0.3) is 0 Å². The van der Waals surface area contributed by atoms with Crippen LogP contribution in [0.15, 0.2) is 36.6 Å². The molecule has 1 nitrogen and oxygen atoms in total. The van der Waals surface area contributed by atoms with E-state index >= 15 is 0 Å². The summed E-state index contributed by atoms with van der Waals surface area (Å²) in [6.07, 6.45) is 14.2. The molecular weight excluding hydrogens is 232 g/mol. The SMILES string of the molecule is C#Cc1ccc([C@H]2CC[C@H](COC=CC)CC2)cc1. The molecule has 0 aromatic heterocycles. The van der Waals surface area contributed by atoms with E-state index in [1.807, 2.05) is 13.0 Å². The van der Waals surface area contributed by atoms with Gasteiger partial charge >= 0.3 is 0 Å². The molecule has 100 valence electrons. The molecule has 0 unspecified atom stereocenters. The first-order valence-electron chi connectivity index (χ1n) is 7.13. The first-order chi connectivity index (χ1) is 9.33. The largest absolute Gasteiger partial charge is 0.501 e. The molecule has 1 aromatic carbocycles. The number of rotatable bonds is 4. The van der Waals surface area contributed by atoms with Crippen molar-refractivity contribution in [1.82, 2.24) is 0 Å². The molecule has 1 aromatic rings. The van der Waals surface area contributed by atoms with Gasteiger partial charge in [-0.05, 0) is 62.1 Å². The van der Waals surface area contributed by atoms with Gasteiger partial charge in [0.1, 0.15) is 0 Å². The van der Waals surface area contributed by atoms with Crippen molar-refractivity contribution >= 4 is 0 Å². The van der Waals surface area contributed by atoms with Crippen molar-refractivity contribution in [1.29, 1.82) is 0 Å². The van der Waals surface area contributed by atoms with Crippen LogP contribution in [-0.2, 0) is 4.74 Å². The zero-order valence-corrected chi connectivity index (χ0v) is 11.6. The lowest BCUT2D eigenvalue weighted by Gasteiger charge is -2.28. The fraction of sp³-hybridized carbons (Fsp3) is 0.444. The Hall–Kier alpha value is -1.68. The van der Waals surface area contributed by atoms with Gasteiger partial charge in [0.05, 0.1) is 12.9 Å². The Kier molecular flexibility index (Phi) is 5.10. The van der Waals surface area contributed by atoms with E-state index in [4.69, 9.17) is 11.2 Å². The molecule has 0 radical (unpaired) electrons. The summed E-state index contributed by atoms with van der Waals surface area (Å²) in [7, 11) is 0. The van der Waals surface area contributed by atoms with E-state index in [0.29, 0.717) is 5.92 Å². The number of hydrogen-bond acceptors (Lipinski definition) is 1. The summed E-state index contributed by atoms with van der Waals surface area (Å²) in [5.41, 5.74) is 2.41. The molecule has 0 saturated heterocycles. The fourth-order valence-electron chi connectivity index (χ4n) is 2.80. The summed E-state index contributed by atoms with van der Waals surface area (Å²) in [6.45, 7) is 2.85. The number of allylic oxidation sites excluding steroid dienone is 1. The average Bonchev–Trinajstić information content (AvgIpc) is 2.48. The minimum absolute atomic E-state index is 0.699. The van der Waals surface area contributed by atoms with Crippen LogP contribution in [0, 0.1) is 18.3 Å². The van der Waals surface area contributed by atoms with Crippen LogP contribution in [0.1, 0.15) is 49.7 Å². The molecule has 2 rings (SSSR count). The topological polar surface area (TPSA) is 9.23 Å². The Morgan fingerprint density at radius 1 is 1.21 bits per heavy atom. The van der Waals surface area contributed by atoms with Gasteiger partial charge in [-0.15, -0.1) is 6.42 Å². The predicted octanol–water partition coefficient (Wildman–Crippen LogP) is 4.49. The second-order valence-corrected chi connectivity index (χ2v) is 5.29. The molecule has 0 atom stereocenters. The van der Waals surface area contributed by atoms with E-state index in [1.54, 1.807) is 6.26 Å². The molecule has 1 heteroatoms. The van der Waals surface area contributed by atoms with E-state index < -0.39 is 0 Å². The second kappa shape index (κ2) is 7.04. The highest BCUT2D eigenvalue weighted by molar-refractivity contribution is 5.35. The van der Waals surface area contributed by atoms with Crippen molar-refractivity contribution in [3.63, 3.8) is 0 Å². The molecule has 0 heterocycles. The molecule has 1 aliphatic carbocycles. The number of ether oxygens (including phenoxy) is 1. The molecule has 0 amide bonds. The van der Waals surface area contributed by atoms with Gasteiger partial charge in [0, 0.05) is 5.56 Å². The lowest BCUT2D eigenvalue weighted by atomic mass is 9.79. The smallest absolute Gasteiger partial charge is 0.0901 e. The Morgan fingerprint density at radius 2 is 1.89 bits per heavy atom. The van der Waals surface area contributed by atoms with Gasteiger partial charge in [-0.2, -0.15) is 0 Å². The Labute approximate surface area is 116 Å². The predicted molar refractivity (Wildman–Crippen MR) is 79.8 cm³/mol. The summed E-state index contributed by atoms with van der Waals surface area (Å²) in [4.78, 5) is 0. The lowest BCUT2D eigenvalue weighted by Crippen LogP contribution is -2.17. The average molecular weight is 254 g/mol.